The third kappa shape index (κ3) is 7.89. The van der Waals surface area contributed by atoms with Crippen LogP contribution in [0.1, 0.15) is 49.3 Å². The molecule has 0 spiro atoms. The van der Waals surface area contributed by atoms with Gasteiger partial charge in [-0.25, -0.2) is 12.8 Å². The molecule has 236 valence electrons. The molecule has 7 nitrogen and oxygen atoms in total. The van der Waals surface area contributed by atoms with E-state index in [9.17, 15) is 35.6 Å². The molecule has 0 aliphatic heterocycles. The van der Waals surface area contributed by atoms with Crippen LogP contribution in [0.4, 0.5) is 23.2 Å². The van der Waals surface area contributed by atoms with E-state index in [1.165, 1.54) is 55.5 Å². The van der Waals surface area contributed by atoms with Crippen molar-refractivity contribution in [1.29, 1.82) is 0 Å². The van der Waals surface area contributed by atoms with E-state index in [4.69, 9.17) is 11.6 Å². The minimum absolute atomic E-state index is 0.0685. The molecule has 13 heteroatoms. The molecule has 0 radical (unpaired) electrons. The zero-order chi connectivity index (χ0) is 32.2. The van der Waals surface area contributed by atoms with Gasteiger partial charge in [0.05, 0.1) is 21.2 Å². The van der Waals surface area contributed by atoms with Gasteiger partial charge >= 0.3 is 6.18 Å². The molecule has 4 rings (SSSR count). The average Bonchev–Trinajstić information content (AvgIpc) is 3.48. The molecule has 1 atom stereocenters. The Morgan fingerprint density at radius 2 is 1.61 bits per heavy atom. The second-order valence-corrected chi connectivity index (χ2v) is 13.1. The van der Waals surface area contributed by atoms with E-state index < -0.39 is 62.7 Å². The molecule has 1 fully saturated rings. The van der Waals surface area contributed by atoms with Gasteiger partial charge < -0.3 is 10.2 Å². The largest absolute Gasteiger partial charge is 0.417 e. The predicted molar refractivity (Wildman–Crippen MR) is 159 cm³/mol. The number of anilines is 1. The van der Waals surface area contributed by atoms with Crippen LogP contribution in [0.25, 0.3) is 0 Å². The van der Waals surface area contributed by atoms with Crippen molar-refractivity contribution in [2.75, 3.05) is 10.8 Å². The summed E-state index contributed by atoms with van der Waals surface area (Å²) in [6, 6.07) is 12.2. The molecule has 2 amide bonds. The fraction of sp³-hybridized carbons (Fsp3) is 0.355. The number of rotatable bonds is 10. The summed E-state index contributed by atoms with van der Waals surface area (Å²) in [6.07, 6.45) is -1.44. The fourth-order valence-corrected chi connectivity index (χ4v) is 6.64. The molecule has 0 bridgehead atoms. The molecule has 1 aliphatic carbocycles. The topological polar surface area (TPSA) is 86.8 Å². The highest BCUT2D eigenvalue weighted by Crippen LogP contribution is 2.38. The van der Waals surface area contributed by atoms with Crippen LogP contribution in [0.5, 0.6) is 0 Å². The van der Waals surface area contributed by atoms with Crippen LogP contribution in [-0.2, 0) is 32.3 Å². The first kappa shape index (κ1) is 33.3. The van der Waals surface area contributed by atoms with Gasteiger partial charge in [-0.2, -0.15) is 13.2 Å². The summed E-state index contributed by atoms with van der Waals surface area (Å²) in [5.41, 5.74) is -0.523. The van der Waals surface area contributed by atoms with E-state index >= 15 is 0 Å². The number of hydrogen-bond acceptors (Lipinski definition) is 4. The Morgan fingerprint density at radius 3 is 2.20 bits per heavy atom. The Kier molecular flexibility index (Phi) is 10.2. The smallest absolute Gasteiger partial charge is 0.352 e. The summed E-state index contributed by atoms with van der Waals surface area (Å²) in [5, 5.41) is 2.28. The SMILES string of the molecule is Cc1ccc(S(=O)(=O)N(CC(=O)N(Cc2ccc(F)cc2)[C@H](C)C(=O)NC2CCCC2)c2ccc(Cl)c(C(F)(F)F)c2)cc1. The molecule has 1 N–H and O–H groups in total. The van der Waals surface area contributed by atoms with Crippen molar-refractivity contribution in [1.82, 2.24) is 10.2 Å². The summed E-state index contributed by atoms with van der Waals surface area (Å²) in [7, 11) is -4.59. The Balaban J connectivity index is 1.75. The Labute approximate surface area is 258 Å². The number of halogens is 5. The first-order valence-corrected chi connectivity index (χ1v) is 15.8. The summed E-state index contributed by atoms with van der Waals surface area (Å²) >= 11 is 5.80. The number of benzene rings is 3. The number of sulfonamides is 1. The number of hydrogen-bond donors (Lipinski definition) is 1. The number of nitrogens with one attached hydrogen (secondary N) is 1. The van der Waals surface area contributed by atoms with Gasteiger partial charge in [0, 0.05) is 12.6 Å². The highest BCUT2D eigenvalue weighted by molar-refractivity contribution is 7.92. The lowest BCUT2D eigenvalue weighted by molar-refractivity contribution is -0.139. The van der Waals surface area contributed by atoms with Crippen molar-refractivity contribution >= 4 is 39.1 Å². The van der Waals surface area contributed by atoms with Gasteiger partial charge in [0.25, 0.3) is 10.0 Å². The molecule has 1 aliphatic rings. The first-order valence-electron chi connectivity index (χ1n) is 14.0. The number of aryl methyl sites for hydroxylation is 1. The maximum Gasteiger partial charge on any atom is 0.417 e. The van der Waals surface area contributed by atoms with Crippen LogP contribution in [0.2, 0.25) is 5.02 Å². The van der Waals surface area contributed by atoms with Crippen LogP contribution in [0.3, 0.4) is 0 Å². The Bertz CT molecular complexity index is 1590. The van der Waals surface area contributed by atoms with Gasteiger partial charge in [-0.15, -0.1) is 0 Å². The molecule has 3 aromatic carbocycles. The second-order valence-electron chi connectivity index (χ2n) is 10.8. The van der Waals surface area contributed by atoms with Crippen LogP contribution in [0, 0.1) is 12.7 Å². The predicted octanol–water partition coefficient (Wildman–Crippen LogP) is 6.48. The zero-order valence-electron chi connectivity index (χ0n) is 24.1. The molecular weight excluding hydrogens is 622 g/mol. The highest BCUT2D eigenvalue weighted by atomic mass is 35.5. The van der Waals surface area contributed by atoms with E-state index in [1.54, 1.807) is 6.92 Å². The minimum atomic E-state index is -4.90. The normalized spacial score (nSPS) is 14.7. The molecule has 44 heavy (non-hydrogen) atoms. The third-order valence-electron chi connectivity index (χ3n) is 7.57. The van der Waals surface area contributed by atoms with Crippen LogP contribution in [0.15, 0.2) is 71.6 Å². The quantitative estimate of drug-likeness (QED) is 0.254. The van der Waals surface area contributed by atoms with Gasteiger partial charge in [0.1, 0.15) is 18.4 Å². The van der Waals surface area contributed by atoms with E-state index in [1.807, 2.05) is 0 Å². The number of carbonyl (C=O) groups excluding carboxylic acids is 2. The first-order chi connectivity index (χ1) is 20.7. The van der Waals surface area contributed by atoms with Crippen LogP contribution >= 0.6 is 11.6 Å². The Morgan fingerprint density at radius 1 is 1.00 bits per heavy atom. The van der Waals surface area contributed by atoms with Crippen molar-refractivity contribution < 1.29 is 35.6 Å². The van der Waals surface area contributed by atoms with Crippen LogP contribution in [-0.4, -0.2) is 43.8 Å². The van der Waals surface area contributed by atoms with Crippen molar-refractivity contribution in [3.63, 3.8) is 0 Å². The number of nitrogens with zero attached hydrogens (tertiary/aromatic N) is 2. The third-order valence-corrected chi connectivity index (χ3v) is 9.68. The lowest BCUT2D eigenvalue weighted by atomic mass is 10.1. The van der Waals surface area contributed by atoms with Gasteiger partial charge in [0.2, 0.25) is 11.8 Å². The average molecular weight is 654 g/mol. The molecule has 0 saturated heterocycles. The molecule has 0 unspecified atom stereocenters. The maximum atomic E-state index is 14.0. The minimum Gasteiger partial charge on any atom is -0.352 e. The molecule has 3 aromatic rings. The fourth-order valence-electron chi connectivity index (χ4n) is 5.01. The zero-order valence-corrected chi connectivity index (χ0v) is 25.6. The van der Waals surface area contributed by atoms with Crippen molar-refractivity contribution in [2.45, 2.75) is 69.2 Å². The lowest BCUT2D eigenvalue weighted by Gasteiger charge is -2.32. The van der Waals surface area contributed by atoms with Gasteiger partial charge in [-0.3, -0.25) is 13.9 Å². The summed E-state index contributed by atoms with van der Waals surface area (Å²) in [5.74, 6) is -1.84. The number of amides is 2. The second kappa shape index (κ2) is 13.6. The van der Waals surface area contributed by atoms with E-state index in [0.29, 0.717) is 15.9 Å². The van der Waals surface area contributed by atoms with E-state index in [2.05, 4.69) is 5.32 Å². The number of alkyl halides is 3. The number of carbonyl (C=O) groups is 2. The maximum absolute atomic E-state index is 14.0. The standard InChI is InChI=1S/C31H32ClF4N3O4S/c1-20-7-14-26(15-8-20)44(42,43)39(25-13-16-28(32)27(17-25)31(34,35)36)19-29(40)38(18-22-9-11-23(33)12-10-22)21(2)30(41)37-24-5-3-4-6-24/h7-17,21,24H,3-6,18-19H2,1-2H3,(H,37,41)/t21-/m1/s1. The molecule has 0 aromatic heterocycles. The Hall–Kier alpha value is -3.64. The molecule has 1 saturated carbocycles. The van der Waals surface area contributed by atoms with Crippen molar-refractivity contribution in [3.05, 3.63) is 94.3 Å². The van der Waals surface area contributed by atoms with Crippen LogP contribution < -0.4 is 9.62 Å². The molecular formula is C31H32ClF4N3O4S. The van der Waals surface area contributed by atoms with Crippen molar-refractivity contribution in [2.24, 2.45) is 0 Å². The lowest BCUT2D eigenvalue weighted by Crippen LogP contribution is -2.52. The monoisotopic (exact) mass is 653 g/mol. The van der Waals surface area contributed by atoms with E-state index in [0.717, 1.165) is 48.3 Å². The highest BCUT2D eigenvalue weighted by Gasteiger charge is 2.37. The van der Waals surface area contributed by atoms with E-state index in [-0.39, 0.29) is 17.5 Å². The van der Waals surface area contributed by atoms with Crippen molar-refractivity contribution in [3.8, 4) is 0 Å². The molecule has 0 heterocycles. The summed E-state index contributed by atoms with van der Waals surface area (Å²) < 4.78 is 83.3. The van der Waals surface area contributed by atoms with Gasteiger partial charge in [0.15, 0.2) is 0 Å². The van der Waals surface area contributed by atoms with Gasteiger partial charge in [-0.05, 0) is 74.7 Å². The summed E-state index contributed by atoms with van der Waals surface area (Å²) in [4.78, 5) is 28.1. The summed E-state index contributed by atoms with van der Waals surface area (Å²) in [6.45, 7) is 2.09. The van der Waals surface area contributed by atoms with Gasteiger partial charge in [-0.1, -0.05) is 54.3 Å².